The third-order valence-corrected chi connectivity index (χ3v) is 4.50. The Morgan fingerprint density at radius 2 is 2.20 bits per heavy atom. The fraction of sp³-hybridized carbons (Fsp3) is 0.333. The molecule has 3 rings (SSSR count). The molecule has 1 aromatic rings. The fourth-order valence-corrected chi connectivity index (χ4v) is 3.23. The summed E-state index contributed by atoms with van der Waals surface area (Å²) in [6.45, 7) is 1.90. The number of halogens is 1. The molecule has 1 fully saturated rings. The molecule has 0 spiro atoms. The minimum absolute atomic E-state index is 0.558. The number of amidine groups is 1. The van der Waals surface area contributed by atoms with E-state index in [1.54, 1.807) is 11.8 Å². The van der Waals surface area contributed by atoms with E-state index >= 15 is 0 Å². The molecule has 20 heavy (non-hydrogen) atoms. The molecule has 3 nitrogen and oxygen atoms in total. The van der Waals surface area contributed by atoms with Crippen molar-refractivity contribution in [3.05, 3.63) is 41.6 Å². The Balaban J connectivity index is 1.79. The van der Waals surface area contributed by atoms with Crippen molar-refractivity contribution in [2.45, 2.75) is 6.42 Å². The molecule has 2 aliphatic heterocycles. The third kappa shape index (κ3) is 2.91. The lowest BCUT2D eigenvalue weighted by Gasteiger charge is -2.18. The van der Waals surface area contributed by atoms with E-state index in [1.807, 2.05) is 30.5 Å². The van der Waals surface area contributed by atoms with Crippen LogP contribution in [0, 0.1) is 5.92 Å². The first-order chi connectivity index (χ1) is 9.76. The second-order valence-corrected chi connectivity index (χ2v) is 6.10. The molecule has 0 bridgehead atoms. The van der Waals surface area contributed by atoms with Gasteiger partial charge in [0.15, 0.2) is 5.17 Å². The van der Waals surface area contributed by atoms with Crippen LogP contribution in [0.25, 0.3) is 0 Å². The SMILES string of the molecule is CS/C(=N/c1ccc(Cl)cc1)N1CC2=NC=CCC2C1. The lowest BCUT2D eigenvalue weighted by atomic mass is 10.0. The van der Waals surface area contributed by atoms with E-state index in [9.17, 15) is 0 Å². The number of hydrogen-bond donors (Lipinski definition) is 0. The third-order valence-electron chi connectivity index (χ3n) is 3.54. The predicted octanol–water partition coefficient (Wildman–Crippen LogP) is 3.98. The minimum atomic E-state index is 0.558. The van der Waals surface area contributed by atoms with E-state index in [2.05, 4.69) is 22.2 Å². The molecule has 1 aromatic carbocycles. The van der Waals surface area contributed by atoms with Crippen LogP contribution in [0.1, 0.15) is 6.42 Å². The van der Waals surface area contributed by atoms with E-state index < -0.39 is 0 Å². The number of fused-ring (bicyclic) bond motifs is 1. The predicted molar refractivity (Wildman–Crippen MR) is 88.3 cm³/mol. The first-order valence-corrected chi connectivity index (χ1v) is 8.21. The van der Waals surface area contributed by atoms with Crippen molar-refractivity contribution in [1.29, 1.82) is 0 Å². The van der Waals surface area contributed by atoms with Crippen molar-refractivity contribution in [2.24, 2.45) is 15.9 Å². The van der Waals surface area contributed by atoms with Gasteiger partial charge in [-0.15, -0.1) is 0 Å². The summed E-state index contributed by atoms with van der Waals surface area (Å²) in [4.78, 5) is 11.5. The summed E-state index contributed by atoms with van der Waals surface area (Å²) in [6.07, 6.45) is 7.23. The summed E-state index contributed by atoms with van der Waals surface area (Å²) in [6, 6.07) is 7.63. The lowest BCUT2D eigenvalue weighted by Crippen LogP contribution is -2.26. The van der Waals surface area contributed by atoms with Crippen molar-refractivity contribution in [3.63, 3.8) is 0 Å². The van der Waals surface area contributed by atoms with Gasteiger partial charge in [-0.3, -0.25) is 4.99 Å². The van der Waals surface area contributed by atoms with Gasteiger partial charge in [-0.05, 0) is 36.9 Å². The average Bonchev–Trinajstić information content (AvgIpc) is 2.90. The molecule has 0 amide bonds. The van der Waals surface area contributed by atoms with E-state index in [1.165, 1.54) is 5.71 Å². The Morgan fingerprint density at radius 3 is 2.90 bits per heavy atom. The first-order valence-electron chi connectivity index (χ1n) is 6.61. The smallest absolute Gasteiger partial charge is 0.164 e. The number of allylic oxidation sites excluding steroid dienone is 1. The van der Waals surface area contributed by atoms with E-state index in [0.717, 1.165) is 35.4 Å². The van der Waals surface area contributed by atoms with Crippen LogP contribution in [-0.2, 0) is 0 Å². The van der Waals surface area contributed by atoms with Crippen LogP contribution >= 0.6 is 23.4 Å². The molecule has 104 valence electrons. The summed E-state index contributed by atoms with van der Waals surface area (Å²) < 4.78 is 0. The zero-order chi connectivity index (χ0) is 13.9. The van der Waals surface area contributed by atoms with Gasteiger partial charge in [0.1, 0.15) is 0 Å². The van der Waals surface area contributed by atoms with Gasteiger partial charge in [0, 0.05) is 29.4 Å². The number of rotatable bonds is 1. The molecule has 0 N–H and O–H groups in total. The molecule has 1 atom stereocenters. The maximum atomic E-state index is 5.91. The molecule has 0 saturated carbocycles. The first kappa shape index (κ1) is 13.7. The fourth-order valence-electron chi connectivity index (χ4n) is 2.51. The number of aliphatic imine (C=N–C) groups is 2. The summed E-state index contributed by atoms with van der Waals surface area (Å²) in [5.74, 6) is 0.558. The molecule has 2 heterocycles. The second kappa shape index (κ2) is 6.02. The molecule has 0 aromatic heterocycles. The highest BCUT2D eigenvalue weighted by atomic mass is 35.5. The van der Waals surface area contributed by atoms with Crippen LogP contribution in [-0.4, -0.2) is 35.1 Å². The maximum Gasteiger partial charge on any atom is 0.164 e. The normalized spacial score (nSPS) is 21.9. The van der Waals surface area contributed by atoms with Gasteiger partial charge < -0.3 is 4.90 Å². The van der Waals surface area contributed by atoms with Gasteiger partial charge in [0.2, 0.25) is 0 Å². The van der Waals surface area contributed by atoms with E-state index in [-0.39, 0.29) is 0 Å². The molecule has 1 saturated heterocycles. The van der Waals surface area contributed by atoms with Crippen LogP contribution in [0.5, 0.6) is 0 Å². The second-order valence-electron chi connectivity index (χ2n) is 4.89. The topological polar surface area (TPSA) is 28.0 Å². The number of hydrogen-bond acceptors (Lipinski definition) is 3. The van der Waals surface area contributed by atoms with Crippen molar-refractivity contribution < 1.29 is 0 Å². The van der Waals surface area contributed by atoms with Gasteiger partial charge in [-0.1, -0.05) is 29.4 Å². The Labute approximate surface area is 128 Å². The zero-order valence-electron chi connectivity index (χ0n) is 11.3. The zero-order valence-corrected chi connectivity index (χ0v) is 12.9. The average molecular weight is 306 g/mol. The summed E-state index contributed by atoms with van der Waals surface area (Å²) >= 11 is 7.58. The van der Waals surface area contributed by atoms with Crippen molar-refractivity contribution in [3.8, 4) is 0 Å². The quantitative estimate of drug-likeness (QED) is 0.580. The van der Waals surface area contributed by atoms with E-state index in [0.29, 0.717) is 5.92 Å². The van der Waals surface area contributed by atoms with Crippen molar-refractivity contribution in [1.82, 2.24) is 4.90 Å². The minimum Gasteiger partial charge on any atom is -0.345 e. The standard InChI is InChI=1S/C15H16ClN3S/c1-20-15(18-13-6-4-12(16)5-7-13)19-9-11-3-2-8-17-14(11)10-19/h2,4-8,11H,3,9-10H2,1H3/b18-15+. The van der Waals surface area contributed by atoms with Crippen molar-refractivity contribution in [2.75, 3.05) is 19.3 Å². The number of nitrogens with zero attached hydrogens (tertiary/aromatic N) is 3. The largest absolute Gasteiger partial charge is 0.345 e. The molecule has 0 aliphatic carbocycles. The Kier molecular flexibility index (Phi) is 4.13. The highest BCUT2D eigenvalue weighted by molar-refractivity contribution is 8.13. The molecule has 2 aliphatic rings. The summed E-state index contributed by atoms with van der Waals surface area (Å²) in [7, 11) is 0. The Morgan fingerprint density at radius 1 is 1.40 bits per heavy atom. The van der Waals surface area contributed by atoms with Crippen molar-refractivity contribution >= 4 is 39.9 Å². The summed E-state index contributed by atoms with van der Waals surface area (Å²) in [5.41, 5.74) is 2.22. The van der Waals surface area contributed by atoms with Gasteiger partial charge in [0.05, 0.1) is 12.2 Å². The lowest BCUT2D eigenvalue weighted by molar-refractivity contribution is 0.491. The summed E-state index contributed by atoms with van der Waals surface area (Å²) in [5, 5.41) is 1.78. The number of likely N-dealkylation sites (tertiary alicyclic amines) is 1. The number of benzene rings is 1. The molecular formula is C15H16ClN3S. The van der Waals surface area contributed by atoms with Crippen LogP contribution in [0.3, 0.4) is 0 Å². The monoisotopic (exact) mass is 305 g/mol. The number of thioether (sulfide) groups is 1. The van der Waals surface area contributed by atoms with Gasteiger partial charge >= 0.3 is 0 Å². The van der Waals surface area contributed by atoms with Gasteiger partial charge in [-0.2, -0.15) is 0 Å². The van der Waals surface area contributed by atoms with Crippen LogP contribution in [0.15, 0.2) is 46.5 Å². The van der Waals surface area contributed by atoms with Crippen LogP contribution in [0.4, 0.5) is 5.69 Å². The molecular weight excluding hydrogens is 290 g/mol. The molecule has 1 unspecified atom stereocenters. The highest BCUT2D eigenvalue weighted by Crippen LogP contribution is 2.26. The van der Waals surface area contributed by atoms with Crippen LogP contribution in [0.2, 0.25) is 5.02 Å². The Hall–Kier alpha value is -1.26. The Bertz CT molecular complexity index is 577. The van der Waals surface area contributed by atoms with Gasteiger partial charge in [-0.25, -0.2) is 4.99 Å². The highest BCUT2D eigenvalue weighted by Gasteiger charge is 2.30. The van der Waals surface area contributed by atoms with Gasteiger partial charge in [0.25, 0.3) is 0 Å². The maximum absolute atomic E-state index is 5.91. The van der Waals surface area contributed by atoms with E-state index in [4.69, 9.17) is 16.6 Å². The molecule has 5 heteroatoms. The molecule has 0 radical (unpaired) electrons. The van der Waals surface area contributed by atoms with Crippen LogP contribution < -0.4 is 0 Å².